The summed E-state index contributed by atoms with van der Waals surface area (Å²) in [5, 5.41) is 8.77. The van der Waals surface area contributed by atoms with E-state index in [9.17, 15) is 9.59 Å². The molecule has 33 heavy (non-hydrogen) atoms. The predicted octanol–water partition coefficient (Wildman–Crippen LogP) is 3.84. The number of rotatable bonds is 5. The summed E-state index contributed by atoms with van der Waals surface area (Å²) in [4.78, 5) is 27.8. The molecule has 3 aromatic carbocycles. The van der Waals surface area contributed by atoms with Gasteiger partial charge in [0.15, 0.2) is 0 Å². The van der Waals surface area contributed by atoms with Gasteiger partial charge in [-0.1, -0.05) is 66.7 Å². The molecular formula is C27H29N3O2S. The number of amides is 2. The lowest BCUT2D eigenvalue weighted by atomic mass is 10.00. The van der Waals surface area contributed by atoms with Crippen LogP contribution in [-0.4, -0.2) is 53.0 Å². The van der Waals surface area contributed by atoms with E-state index >= 15 is 0 Å². The van der Waals surface area contributed by atoms with Crippen molar-refractivity contribution < 1.29 is 9.59 Å². The highest BCUT2D eigenvalue weighted by molar-refractivity contribution is 8.01. The number of carbonyl (C=O) groups is 2. The topological polar surface area (TPSA) is 61.4 Å². The molecule has 2 N–H and O–H groups in total. The Kier molecular flexibility index (Phi) is 6.38. The molecule has 0 saturated carbocycles. The van der Waals surface area contributed by atoms with Crippen LogP contribution in [0.3, 0.4) is 0 Å². The average Bonchev–Trinajstić information content (AvgIpc) is 3.28. The van der Waals surface area contributed by atoms with Crippen molar-refractivity contribution in [1.82, 2.24) is 15.5 Å². The molecule has 5 nitrogen and oxygen atoms in total. The van der Waals surface area contributed by atoms with Gasteiger partial charge in [0, 0.05) is 31.0 Å². The van der Waals surface area contributed by atoms with Crippen LogP contribution in [0.25, 0.3) is 10.8 Å². The summed E-state index contributed by atoms with van der Waals surface area (Å²) in [5.74, 6) is 0.943. The summed E-state index contributed by atoms with van der Waals surface area (Å²) in [6.45, 7) is 2.04. The average molecular weight is 460 g/mol. The minimum Gasteiger partial charge on any atom is -0.354 e. The standard InChI is InChI=1S/C27H29N3O2S/c31-25(28-16-13-20-7-2-1-3-8-20)24-19-33-27(29-24)14-17-30(18-15-27)26(32)23-12-6-10-21-9-4-5-11-22(21)23/h1-12,24,29H,13-19H2,(H,28,31). The van der Waals surface area contributed by atoms with Crippen LogP contribution in [-0.2, 0) is 11.2 Å². The van der Waals surface area contributed by atoms with Crippen molar-refractivity contribution in [3.63, 3.8) is 0 Å². The normalized spacial score (nSPS) is 19.6. The number of likely N-dealkylation sites (tertiary alicyclic amines) is 1. The number of benzene rings is 3. The van der Waals surface area contributed by atoms with Gasteiger partial charge >= 0.3 is 0 Å². The molecule has 2 aliphatic rings. The molecule has 1 atom stereocenters. The second kappa shape index (κ2) is 9.57. The van der Waals surface area contributed by atoms with Gasteiger partial charge in [-0.2, -0.15) is 0 Å². The first-order valence-corrected chi connectivity index (χ1v) is 12.6. The molecule has 2 aliphatic heterocycles. The van der Waals surface area contributed by atoms with Gasteiger partial charge in [0.2, 0.25) is 5.91 Å². The minimum atomic E-state index is -0.175. The van der Waals surface area contributed by atoms with Gasteiger partial charge in [0.25, 0.3) is 5.91 Å². The summed E-state index contributed by atoms with van der Waals surface area (Å²) >= 11 is 1.83. The van der Waals surface area contributed by atoms with E-state index in [0.29, 0.717) is 19.6 Å². The van der Waals surface area contributed by atoms with Crippen molar-refractivity contribution in [1.29, 1.82) is 0 Å². The van der Waals surface area contributed by atoms with Gasteiger partial charge in [0.05, 0.1) is 10.9 Å². The second-order valence-electron chi connectivity index (χ2n) is 8.85. The Morgan fingerprint density at radius 1 is 0.970 bits per heavy atom. The zero-order valence-electron chi connectivity index (χ0n) is 18.6. The molecule has 6 heteroatoms. The first-order chi connectivity index (χ1) is 16.1. The lowest BCUT2D eigenvalue weighted by molar-refractivity contribution is -0.122. The number of hydrogen-bond donors (Lipinski definition) is 2. The van der Waals surface area contributed by atoms with Crippen molar-refractivity contribution in [2.45, 2.75) is 30.2 Å². The van der Waals surface area contributed by atoms with Gasteiger partial charge < -0.3 is 10.2 Å². The van der Waals surface area contributed by atoms with Crippen LogP contribution in [0.5, 0.6) is 0 Å². The van der Waals surface area contributed by atoms with Crippen LogP contribution in [0.1, 0.15) is 28.8 Å². The van der Waals surface area contributed by atoms with Crippen LogP contribution in [0.2, 0.25) is 0 Å². The van der Waals surface area contributed by atoms with Crippen LogP contribution < -0.4 is 10.6 Å². The number of piperidine rings is 1. The Hall–Kier alpha value is -2.83. The molecule has 2 amide bonds. The zero-order chi connectivity index (χ0) is 22.7. The third-order valence-electron chi connectivity index (χ3n) is 6.71. The first-order valence-electron chi connectivity index (χ1n) is 11.6. The lowest BCUT2D eigenvalue weighted by Gasteiger charge is -2.39. The number of nitrogens with zero attached hydrogens (tertiary/aromatic N) is 1. The Balaban J connectivity index is 1.15. The molecule has 0 radical (unpaired) electrons. The summed E-state index contributed by atoms with van der Waals surface area (Å²) in [5.41, 5.74) is 2.00. The Morgan fingerprint density at radius 2 is 1.70 bits per heavy atom. The fourth-order valence-corrected chi connectivity index (χ4v) is 6.24. The first kappa shape index (κ1) is 22.0. The molecule has 5 rings (SSSR count). The zero-order valence-corrected chi connectivity index (χ0v) is 19.4. The maximum atomic E-state index is 13.3. The molecule has 2 fully saturated rings. The van der Waals surface area contributed by atoms with Gasteiger partial charge in [-0.3, -0.25) is 14.9 Å². The number of nitrogens with one attached hydrogen (secondary N) is 2. The number of thioether (sulfide) groups is 1. The highest BCUT2D eigenvalue weighted by Gasteiger charge is 2.44. The monoisotopic (exact) mass is 459 g/mol. The molecule has 0 aliphatic carbocycles. The Bertz CT molecular complexity index is 1140. The summed E-state index contributed by atoms with van der Waals surface area (Å²) in [7, 11) is 0. The van der Waals surface area contributed by atoms with Crippen molar-refractivity contribution in [3.05, 3.63) is 83.9 Å². The summed E-state index contributed by atoms with van der Waals surface area (Å²) in [6, 6.07) is 24.0. The molecule has 2 heterocycles. The number of hydrogen-bond acceptors (Lipinski definition) is 4. The van der Waals surface area contributed by atoms with Crippen LogP contribution in [0, 0.1) is 0 Å². The third kappa shape index (κ3) is 4.77. The lowest BCUT2D eigenvalue weighted by Crippen LogP contribution is -2.54. The smallest absolute Gasteiger partial charge is 0.254 e. The fraction of sp³-hybridized carbons (Fsp3) is 0.333. The molecule has 0 aromatic heterocycles. The molecule has 2 saturated heterocycles. The largest absolute Gasteiger partial charge is 0.354 e. The summed E-state index contributed by atoms with van der Waals surface area (Å²) in [6.07, 6.45) is 2.53. The molecule has 170 valence electrons. The summed E-state index contributed by atoms with van der Waals surface area (Å²) < 4.78 is 0. The Labute approximate surface area is 198 Å². The van der Waals surface area contributed by atoms with Crippen molar-refractivity contribution in [2.24, 2.45) is 0 Å². The van der Waals surface area contributed by atoms with E-state index in [-0.39, 0.29) is 22.7 Å². The molecule has 0 bridgehead atoms. The third-order valence-corrected chi connectivity index (χ3v) is 8.29. The molecule has 3 aromatic rings. The fourth-order valence-electron chi connectivity index (χ4n) is 4.82. The molecule has 1 unspecified atom stereocenters. The van der Waals surface area contributed by atoms with Gasteiger partial charge in [0.1, 0.15) is 0 Å². The van der Waals surface area contributed by atoms with E-state index in [2.05, 4.69) is 22.8 Å². The van der Waals surface area contributed by atoms with Crippen molar-refractivity contribution in [2.75, 3.05) is 25.4 Å². The van der Waals surface area contributed by atoms with Gasteiger partial charge in [-0.05, 0) is 41.7 Å². The Morgan fingerprint density at radius 3 is 2.52 bits per heavy atom. The SMILES string of the molecule is O=C(NCCc1ccccc1)C1CSC2(CCN(C(=O)c3cccc4ccccc34)CC2)N1. The van der Waals surface area contributed by atoms with Crippen molar-refractivity contribution >= 4 is 34.3 Å². The predicted molar refractivity (Wildman–Crippen MR) is 134 cm³/mol. The maximum Gasteiger partial charge on any atom is 0.254 e. The maximum absolute atomic E-state index is 13.3. The van der Waals surface area contributed by atoms with Gasteiger partial charge in [-0.25, -0.2) is 0 Å². The van der Waals surface area contributed by atoms with Crippen LogP contribution in [0.4, 0.5) is 0 Å². The minimum absolute atomic E-state index is 0.0737. The second-order valence-corrected chi connectivity index (χ2v) is 10.3. The van der Waals surface area contributed by atoms with Gasteiger partial charge in [-0.15, -0.1) is 11.8 Å². The van der Waals surface area contributed by atoms with Crippen LogP contribution in [0.15, 0.2) is 72.8 Å². The van der Waals surface area contributed by atoms with Crippen LogP contribution >= 0.6 is 11.8 Å². The van der Waals surface area contributed by atoms with Crippen molar-refractivity contribution in [3.8, 4) is 0 Å². The highest BCUT2D eigenvalue weighted by atomic mass is 32.2. The van der Waals surface area contributed by atoms with E-state index in [0.717, 1.165) is 41.4 Å². The molecule has 1 spiro atoms. The highest BCUT2D eigenvalue weighted by Crippen LogP contribution is 2.39. The van der Waals surface area contributed by atoms with E-state index in [1.54, 1.807) is 0 Å². The van der Waals surface area contributed by atoms with E-state index < -0.39 is 0 Å². The molecular weight excluding hydrogens is 430 g/mol. The van der Waals surface area contributed by atoms with E-state index in [1.165, 1.54) is 5.56 Å². The number of carbonyl (C=O) groups excluding carboxylic acids is 2. The van der Waals surface area contributed by atoms with E-state index in [1.807, 2.05) is 77.3 Å². The number of fused-ring (bicyclic) bond motifs is 1. The quantitative estimate of drug-likeness (QED) is 0.609. The van der Waals surface area contributed by atoms with E-state index in [4.69, 9.17) is 0 Å².